The van der Waals surface area contributed by atoms with Crippen LogP contribution in [0.4, 0.5) is 5.69 Å². The number of hydrogen-bond donors (Lipinski definition) is 1. The van der Waals surface area contributed by atoms with Crippen LogP contribution in [0.2, 0.25) is 5.02 Å². The number of ether oxygens (including phenoxy) is 1. The van der Waals surface area contributed by atoms with Gasteiger partial charge in [-0.3, -0.25) is 4.79 Å². The maximum Gasteiger partial charge on any atom is 0.235 e. The standard InChI is InChI=1S/C26H28ClNO2/c1-3-18(2)30-24-15-14-23(19-10-4-5-11-20(19)24)28-25(29)26(16-8-9-17-26)21-12-6-7-13-22(21)27/h4-7,10-15,18H,3,8-9,16-17H2,1-2H3,(H,28,29)/t18-/m1/s1. The molecule has 0 unspecified atom stereocenters. The van der Waals surface area contributed by atoms with Gasteiger partial charge < -0.3 is 10.1 Å². The Morgan fingerprint density at radius 1 is 1.03 bits per heavy atom. The Morgan fingerprint density at radius 3 is 2.40 bits per heavy atom. The molecule has 4 heteroatoms. The quantitative estimate of drug-likeness (QED) is 0.460. The summed E-state index contributed by atoms with van der Waals surface area (Å²) in [6, 6.07) is 19.7. The number of fused-ring (bicyclic) bond motifs is 1. The van der Waals surface area contributed by atoms with Crippen molar-refractivity contribution in [2.45, 2.75) is 57.5 Å². The first-order valence-corrected chi connectivity index (χ1v) is 11.2. The number of anilines is 1. The van der Waals surface area contributed by atoms with E-state index in [1.807, 2.05) is 60.7 Å². The van der Waals surface area contributed by atoms with Crippen molar-refractivity contribution >= 4 is 34.0 Å². The molecule has 30 heavy (non-hydrogen) atoms. The minimum absolute atomic E-state index is 0.0221. The predicted molar refractivity (Wildman–Crippen MR) is 125 cm³/mol. The molecule has 0 aliphatic heterocycles. The van der Waals surface area contributed by atoms with Crippen LogP contribution in [0.3, 0.4) is 0 Å². The van der Waals surface area contributed by atoms with E-state index in [4.69, 9.17) is 16.3 Å². The molecule has 0 radical (unpaired) electrons. The van der Waals surface area contributed by atoms with Crippen LogP contribution in [-0.4, -0.2) is 12.0 Å². The molecular formula is C26H28ClNO2. The highest BCUT2D eigenvalue weighted by Crippen LogP contribution is 2.45. The Hall–Kier alpha value is -2.52. The number of amides is 1. The number of benzene rings is 3. The molecule has 1 fully saturated rings. The van der Waals surface area contributed by atoms with Crippen molar-refractivity contribution in [2.24, 2.45) is 0 Å². The van der Waals surface area contributed by atoms with Crippen LogP contribution < -0.4 is 10.1 Å². The average molecular weight is 422 g/mol. The van der Waals surface area contributed by atoms with Gasteiger partial charge in [0.15, 0.2) is 0 Å². The van der Waals surface area contributed by atoms with Crippen molar-refractivity contribution in [3.8, 4) is 5.75 Å². The molecule has 1 N–H and O–H groups in total. The summed E-state index contributed by atoms with van der Waals surface area (Å²) >= 11 is 6.52. The first-order chi connectivity index (χ1) is 14.5. The third-order valence-corrected chi connectivity index (χ3v) is 6.65. The minimum Gasteiger partial charge on any atom is -0.490 e. The zero-order valence-corrected chi connectivity index (χ0v) is 18.3. The van der Waals surface area contributed by atoms with Gasteiger partial charge in [0.2, 0.25) is 5.91 Å². The number of carbonyl (C=O) groups excluding carboxylic acids is 1. The Bertz CT molecular complexity index is 1060. The molecule has 1 saturated carbocycles. The van der Waals surface area contributed by atoms with E-state index in [0.29, 0.717) is 5.02 Å². The van der Waals surface area contributed by atoms with Crippen LogP contribution >= 0.6 is 11.6 Å². The molecule has 0 spiro atoms. The smallest absolute Gasteiger partial charge is 0.235 e. The molecule has 3 nitrogen and oxygen atoms in total. The molecule has 3 aromatic rings. The molecule has 0 heterocycles. The lowest BCUT2D eigenvalue weighted by Gasteiger charge is -2.29. The van der Waals surface area contributed by atoms with Gasteiger partial charge in [0.05, 0.1) is 11.5 Å². The van der Waals surface area contributed by atoms with Crippen LogP contribution in [0, 0.1) is 0 Å². The lowest BCUT2D eigenvalue weighted by molar-refractivity contribution is -0.121. The Balaban J connectivity index is 1.71. The molecule has 156 valence electrons. The maximum atomic E-state index is 13.6. The maximum absolute atomic E-state index is 13.6. The van der Waals surface area contributed by atoms with E-state index in [1.54, 1.807) is 0 Å². The van der Waals surface area contributed by atoms with Gasteiger partial charge in [-0.15, -0.1) is 0 Å². The van der Waals surface area contributed by atoms with Crippen molar-refractivity contribution in [3.63, 3.8) is 0 Å². The molecule has 1 atom stereocenters. The second-order valence-corrected chi connectivity index (χ2v) is 8.62. The summed E-state index contributed by atoms with van der Waals surface area (Å²) < 4.78 is 6.11. The molecule has 0 bridgehead atoms. The summed E-state index contributed by atoms with van der Waals surface area (Å²) in [5.74, 6) is 0.869. The zero-order valence-electron chi connectivity index (χ0n) is 17.6. The third kappa shape index (κ3) is 3.79. The normalized spacial score (nSPS) is 16.4. The number of carbonyl (C=O) groups is 1. The summed E-state index contributed by atoms with van der Waals surface area (Å²) in [5, 5.41) is 5.89. The molecule has 4 rings (SSSR count). The summed E-state index contributed by atoms with van der Waals surface area (Å²) in [5.41, 5.74) is 1.17. The monoisotopic (exact) mass is 421 g/mol. The average Bonchev–Trinajstić information content (AvgIpc) is 3.26. The molecule has 1 amide bonds. The predicted octanol–water partition coefficient (Wildman–Crippen LogP) is 7.12. The lowest BCUT2D eigenvalue weighted by atomic mass is 9.77. The fraction of sp³-hybridized carbons (Fsp3) is 0.346. The topological polar surface area (TPSA) is 38.3 Å². The van der Waals surface area contributed by atoms with Crippen LogP contribution in [0.5, 0.6) is 5.75 Å². The molecular weight excluding hydrogens is 394 g/mol. The largest absolute Gasteiger partial charge is 0.490 e. The van der Waals surface area contributed by atoms with Crippen LogP contribution in [0.15, 0.2) is 60.7 Å². The fourth-order valence-corrected chi connectivity index (χ4v) is 4.79. The second-order valence-electron chi connectivity index (χ2n) is 8.22. The molecule has 1 aliphatic rings. The molecule has 3 aromatic carbocycles. The van der Waals surface area contributed by atoms with Crippen molar-refractivity contribution in [3.05, 3.63) is 71.2 Å². The van der Waals surface area contributed by atoms with Crippen molar-refractivity contribution in [1.82, 2.24) is 0 Å². The first kappa shape index (κ1) is 20.7. The van der Waals surface area contributed by atoms with Gasteiger partial charge in [-0.1, -0.05) is 73.8 Å². The van der Waals surface area contributed by atoms with Crippen molar-refractivity contribution in [1.29, 1.82) is 0 Å². The van der Waals surface area contributed by atoms with Crippen molar-refractivity contribution < 1.29 is 9.53 Å². The lowest BCUT2D eigenvalue weighted by Crippen LogP contribution is -2.38. The number of nitrogens with one attached hydrogen (secondary N) is 1. The highest BCUT2D eigenvalue weighted by Gasteiger charge is 2.44. The van der Waals surface area contributed by atoms with E-state index in [9.17, 15) is 4.79 Å². The van der Waals surface area contributed by atoms with E-state index < -0.39 is 5.41 Å². The van der Waals surface area contributed by atoms with Gasteiger partial charge >= 0.3 is 0 Å². The van der Waals surface area contributed by atoms with Crippen LogP contribution in [0.1, 0.15) is 51.5 Å². The van der Waals surface area contributed by atoms with Gasteiger partial charge in [-0.05, 0) is 49.9 Å². The van der Waals surface area contributed by atoms with E-state index in [2.05, 4.69) is 19.2 Å². The highest BCUT2D eigenvalue weighted by atomic mass is 35.5. The van der Waals surface area contributed by atoms with Gasteiger partial charge in [-0.2, -0.15) is 0 Å². The van der Waals surface area contributed by atoms with E-state index >= 15 is 0 Å². The molecule has 0 saturated heterocycles. The molecule has 1 aliphatic carbocycles. The van der Waals surface area contributed by atoms with Gasteiger partial charge in [0.1, 0.15) is 5.75 Å². The van der Waals surface area contributed by atoms with Gasteiger partial charge in [-0.25, -0.2) is 0 Å². The third-order valence-electron chi connectivity index (χ3n) is 6.32. The number of halogens is 1. The second kappa shape index (κ2) is 8.69. The SMILES string of the molecule is CC[C@@H](C)Oc1ccc(NC(=O)C2(c3ccccc3Cl)CCCC2)c2ccccc12. The van der Waals surface area contributed by atoms with Gasteiger partial charge in [0.25, 0.3) is 0 Å². The first-order valence-electron chi connectivity index (χ1n) is 10.8. The Kier molecular flexibility index (Phi) is 6.01. The highest BCUT2D eigenvalue weighted by molar-refractivity contribution is 6.32. The van der Waals surface area contributed by atoms with Crippen LogP contribution in [0.25, 0.3) is 10.8 Å². The summed E-state index contributed by atoms with van der Waals surface area (Å²) in [4.78, 5) is 13.6. The van der Waals surface area contributed by atoms with E-state index in [-0.39, 0.29) is 12.0 Å². The number of rotatable bonds is 6. The fourth-order valence-electron chi connectivity index (χ4n) is 4.47. The van der Waals surface area contributed by atoms with Crippen molar-refractivity contribution in [2.75, 3.05) is 5.32 Å². The zero-order chi connectivity index (χ0) is 21.1. The van der Waals surface area contributed by atoms with Gasteiger partial charge in [0, 0.05) is 21.5 Å². The van der Waals surface area contributed by atoms with Crippen LogP contribution in [-0.2, 0) is 10.2 Å². The molecule has 0 aromatic heterocycles. The summed E-state index contributed by atoms with van der Waals surface area (Å²) in [6.45, 7) is 4.18. The van der Waals surface area contributed by atoms with E-state index in [0.717, 1.165) is 59.9 Å². The Labute approximate surface area is 183 Å². The minimum atomic E-state index is -0.578. The summed E-state index contributed by atoms with van der Waals surface area (Å²) in [6.07, 6.45) is 4.76. The summed E-state index contributed by atoms with van der Waals surface area (Å²) in [7, 11) is 0. The van der Waals surface area contributed by atoms with E-state index in [1.165, 1.54) is 0 Å². The number of hydrogen-bond acceptors (Lipinski definition) is 2. The Morgan fingerprint density at radius 2 is 1.70 bits per heavy atom.